The van der Waals surface area contributed by atoms with Gasteiger partial charge in [-0.3, -0.25) is 4.79 Å². The summed E-state index contributed by atoms with van der Waals surface area (Å²) in [4.78, 5) is 16.8. The lowest BCUT2D eigenvalue weighted by Crippen LogP contribution is -2.49. The van der Waals surface area contributed by atoms with Crippen molar-refractivity contribution in [2.24, 2.45) is 5.14 Å². The zero-order chi connectivity index (χ0) is 19.6. The molecule has 0 aliphatic carbocycles. The van der Waals surface area contributed by atoms with Crippen LogP contribution in [0.5, 0.6) is 5.75 Å². The fourth-order valence-electron chi connectivity index (χ4n) is 3.27. The topological polar surface area (TPSA) is 92.9 Å². The van der Waals surface area contributed by atoms with Gasteiger partial charge in [-0.2, -0.15) is 0 Å². The lowest BCUT2D eigenvalue weighted by molar-refractivity contribution is 0.0743. The number of nitrogens with zero attached hydrogens (tertiary/aromatic N) is 2. The number of hydrogen-bond donors (Lipinski definition) is 1. The number of nitrogens with two attached hydrogens (primary N) is 1. The van der Waals surface area contributed by atoms with Crippen molar-refractivity contribution in [1.82, 2.24) is 4.90 Å². The highest BCUT2D eigenvalue weighted by Gasteiger charge is 2.26. The summed E-state index contributed by atoms with van der Waals surface area (Å²) in [5.74, 6) is 0.0653. The van der Waals surface area contributed by atoms with E-state index in [0.29, 0.717) is 31.9 Å². The molecule has 0 unspecified atom stereocenters. The molecule has 0 aromatic heterocycles. The molecule has 1 aliphatic rings. The Morgan fingerprint density at radius 2 is 1.74 bits per heavy atom. The average molecular weight is 389 g/mol. The zero-order valence-electron chi connectivity index (χ0n) is 15.4. The van der Waals surface area contributed by atoms with E-state index in [1.807, 2.05) is 12.1 Å². The van der Waals surface area contributed by atoms with E-state index in [1.165, 1.54) is 36.6 Å². The van der Waals surface area contributed by atoms with E-state index in [2.05, 4.69) is 24.0 Å². The van der Waals surface area contributed by atoms with Crippen LogP contribution in [0.4, 0.5) is 5.69 Å². The summed E-state index contributed by atoms with van der Waals surface area (Å²) >= 11 is 0. The largest absolute Gasteiger partial charge is 0.496 e. The molecule has 1 saturated heterocycles. The number of carbonyl (C=O) groups excluding carboxylic acids is 1. The standard InChI is InChI=1S/C19H23N3O4S/c1-14-5-3-4-6-17(14)21-9-11-22(12-10-21)19(23)16-13-15(27(20,24)25)7-8-18(16)26-2/h3-8,13H,9-12H2,1-2H3,(H2,20,24,25). The van der Waals surface area contributed by atoms with Crippen molar-refractivity contribution < 1.29 is 17.9 Å². The molecular weight excluding hydrogens is 366 g/mol. The van der Waals surface area contributed by atoms with Gasteiger partial charge in [0.15, 0.2) is 0 Å². The Hall–Kier alpha value is -2.58. The van der Waals surface area contributed by atoms with Gasteiger partial charge in [0, 0.05) is 31.9 Å². The lowest BCUT2D eigenvalue weighted by Gasteiger charge is -2.37. The molecule has 144 valence electrons. The molecule has 3 rings (SSSR count). The van der Waals surface area contributed by atoms with Gasteiger partial charge in [0.05, 0.1) is 17.6 Å². The molecule has 8 heteroatoms. The Morgan fingerprint density at radius 3 is 2.33 bits per heavy atom. The molecule has 0 atom stereocenters. The fourth-order valence-corrected chi connectivity index (χ4v) is 3.81. The van der Waals surface area contributed by atoms with Crippen LogP contribution in [0.3, 0.4) is 0 Å². The predicted octanol–water partition coefficient (Wildman–Crippen LogP) is 1.61. The van der Waals surface area contributed by atoms with Crippen molar-refractivity contribution >= 4 is 21.6 Å². The highest BCUT2D eigenvalue weighted by atomic mass is 32.2. The Labute approximate surface area is 159 Å². The van der Waals surface area contributed by atoms with Crippen LogP contribution in [0.15, 0.2) is 47.4 Å². The summed E-state index contributed by atoms with van der Waals surface area (Å²) in [5.41, 5.74) is 2.56. The molecule has 7 nitrogen and oxygen atoms in total. The number of ether oxygens (including phenoxy) is 1. The summed E-state index contributed by atoms with van der Waals surface area (Å²) < 4.78 is 28.5. The van der Waals surface area contributed by atoms with E-state index in [4.69, 9.17) is 9.88 Å². The van der Waals surface area contributed by atoms with E-state index in [-0.39, 0.29) is 16.4 Å². The number of piperazine rings is 1. The minimum absolute atomic E-state index is 0.106. The number of benzene rings is 2. The van der Waals surface area contributed by atoms with Gasteiger partial charge in [-0.05, 0) is 36.8 Å². The van der Waals surface area contributed by atoms with Crippen LogP contribution < -0.4 is 14.8 Å². The van der Waals surface area contributed by atoms with Crippen molar-refractivity contribution in [3.05, 3.63) is 53.6 Å². The van der Waals surface area contributed by atoms with Gasteiger partial charge in [-0.1, -0.05) is 18.2 Å². The second kappa shape index (κ2) is 7.58. The molecule has 2 aromatic rings. The number of hydrogen-bond acceptors (Lipinski definition) is 5. The first-order valence-electron chi connectivity index (χ1n) is 8.62. The van der Waals surface area contributed by atoms with Crippen molar-refractivity contribution in [1.29, 1.82) is 0 Å². The second-order valence-corrected chi connectivity index (χ2v) is 8.03. The first-order chi connectivity index (χ1) is 12.8. The Kier molecular flexibility index (Phi) is 5.38. The molecule has 0 bridgehead atoms. The van der Waals surface area contributed by atoms with E-state index < -0.39 is 10.0 Å². The Morgan fingerprint density at radius 1 is 1.07 bits per heavy atom. The SMILES string of the molecule is COc1ccc(S(N)(=O)=O)cc1C(=O)N1CCN(c2ccccc2C)CC1. The molecule has 1 heterocycles. The molecule has 2 N–H and O–H groups in total. The van der Waals surface area contributed by atoms with Crippen LogP contribution in [-0.2, 0) is 10.0 Å². The number of primary sulfonamides is 1. The summed E-state index contributed by atoms with van der Waals surface area (Å²) in [5, 5.41) is 5.19. The normalized spacial score (nSPS) is 14.9. The molecule has 0 spiro atoms. The molecule has 0 radical (unpaired) electrons. The van der Waals surface area contributed by atoms with Gasteiger partial charge in [0.1, 0.15) is 5.75 Å². The highest BCUT2D eigenvalue weighted by molar-refractivity contribution is 7.89. The monoisotopic (exact) mass is 389 g/mol. The Balaban J connectivity index is 1.79. The quantitative estimate of drug-likeness (QED) is 0.858. The number of anilines is 1. The van der Waals surface area contributed by atoms with Gasteiger partial charge in [-0.25, -0.2) is 13.6 Å². The summed E-state index contributed by atoms with van der Waals surface area (Å²) in [6, 6.07) is 12.2. The van der Waals surface area contributed by atoms with Gasteiger partial charge in [0.25, 0.3) is 5.91 Å². The smallest absolute Gasteiger partial charge is 0.257 e. The number of para-hydroxylation sites is 1. The number of rotatable bonds is 4. The average Bonchev–Trinajstić information content (AvgIpc) is 2.67. The summed E-state index contributed by atoms with van der Waals surface area (Å²) in [7, 11) is -2.46. The minimum atomic E-state index is -3.90. The van der Waals surface area contributed by atoms with Crippen molar-refractivity contribution in [2.75, 3.05) is 38.2 Å². The first-order valence-corrected chi connectivity index (χ1v) is 10.2. The molecule has 0 saturated carbocycles. The third-order valence-electron chi connectivity index (χ3n) is 4.75. The van der Waals surface area contributed by atoms with Crippen LogP contribution in [0, 0.1) is 6.92 Å². The number of sulfonamides is 1. The van der Waals surface area contributed by atoms with E-state index in [1.54, 1.807) is 4.90 Å². The fraction of sp³-hybridized carbons (Fsp3) is 0.316. The molecule has 2 aromatic carbocycles. The van der Waals surface area contributed by atoms with Gasteiger partial charge in [0.2, 0.25) is 10.0 Å². The van der Waals surface area contributed by atoms with Crippen LogP contribution in [-0.4, -0.2) is 52.5 Å². The highest BCUT2D eigenvalue weighted by Crippen LogP contribution is 2.25. The van der Waals surface area contributed by atoms with Gasteiger partial charge >= 0.3 is 0 Å². The van der Waals surface area contributed by atoms with Crippen molar-refractivity contribution in [2.45, 2.75) is 11.8 Å². The van der Waals surface area contributed by atoms with Crippen LogP contribution in [0.25, 0.3) is 0 Å². The number of methoxy groups -OCH3 is 1. The predicted molar refractivity (Wildman–Crippen MR) is 104 cm³/mol. The first kappa shape index (κ1) is 19.2. The van der Waals surface area contributed by atoms with Gasteiger partial charge < -0.3 is 14.5 Å². The third kappa shape index (κ3) is 4.06. The summed E-state index contributed by atoms with van der Waals surface area (Å²) in [6.07, 6.45) is 0. The lowest BCUT2D eigenvalue weighted by atomic mass is 10.1. The van der Waals surface area contributed by atoms with Crippen molar-refractivity contribution in [3.63, 3.8) is 0 Å². The van der Waals surface area contributed by atoms with Crippen LogP contribution in [0.2, 0.25) is 0 Å². The maximum Gasteiger partial charge on any atom is 0.257 e. The minimum Gasteiger partial charge on any atom is -0.496 e. The van der Waals surface area contributed by atoms with Gasteiger partial charge in [-0.15, -0.1) is 0 Å². The maximum absolute atomic E-state index is 13.0. The molecular formula is C19H23N3O4S. The molecule has 1 amide bonds. The summed E-state index contributed by atoms with van der Waals surface area (Å²) in [6.45, 7) is 4.55. The second-order valence-electron chi connectivity index (χ2n) is 6.47. The third-order valence-corrected chi connectivity index (χ3v) is 5.66. The maximum atomic E-state index is 13.0. The Bertz CT molecular complexity index is 951. The zero-order valence-corrected chi connectivity index (χ0v) is 16.2. The van der Waals surface area contributed by atoms with E-state index in [9.17, 15) is 13.2 Å². The molecule has 1 aliphatic heterocycles. The number of carbonyl (C=O) groups is 1. The van der Waals surface area contributed by atoms with E-state index >= 15 is 0 Å². The van der Waals surface area contributed by atoms with Crippen LogP contribution >= 0.6 is 0 Å². The molecule has 1 fully saturated rings. The van der Waals surface area contributed by atoms with Crippen LogP contribution in [0.1, 0.15) is 15.9 Å². The number of amides is 1. The number of aryl methyl sites for hydroxylation is 1. The van der Waals surface area contributed by atoms with Crippen molar-refractivity contribution in [3.8, 4) is 5.75 Å². The van der Waals surface area contributed by atoms with E-state index in [0.717, 1.165) is 0 Å². The molecule has 27 heavy (non-hydrogen) atoms.